The lowest BCUT2D eigenvalue weighted by Gasteiger charge is -2.19. The molecule has 0 radical (unpaired) electrons. The molecule has 0 saturated carbocycles. The molecular formula is C26H32N6O3. The van der Waals surface area contributed by atoms with E-state index in [1.54, 1.807) is 7.11 Å². The number of amides is 1. The Bertz CT molecular complexity index is 1240. The predicted octanol–water partition coefficient (Wildman–Crippen LogP) is 4.40. The second-order valence-corrected chi connectivity index (χ2v) is 8.24. The molecule has 0 unspecified atom stereocenters. The SMILES string of the molecule is CCN(CC)CCn1c(NC(=O)CCCc2nc(-c3ccc(OC)cc3)no2)nc2ccccc21. The number of ether oxygens (including phenoxy) is 1. The van der Waals surface area contributed by atoms with Gasteiger partial charge in [-0.2, -0.15) is 4.98 Å². The van der Waals surface area contributed by atoms with Gasteiger partial charge in [-0.1, -0.05) is 31.1 Å². The van der Waals surface area contributed by atoms with Crippen LogP contribution in [0.1, 0.15) is 32.6 Å². The van der Waals surface area contributed by atoms with E-state index in [9.17, 15) is 4.79 Å². The van der Waals surface area contributed by atoms with E-state index in [0.717, 1.165) is 48.5 Å². The average Bonchev–Trinajstić information content (AvgIpc) is 3.49. The van der Waals surface area contributed by atoms with Crippen molar-refractivity contribution < 1.29 is 14.1 Å². The molecule has 0 saturated heterocycles. The highest BCUT2D eigenvalue weighted by atomic mass is 16.5. The minimum Gasteiger partial charge on any atom is -0.497 e. The van der Waals surface area contributed by atoms with Crippen molar-refractivity contribution in [3.8, 4) is 17.1 Å². The molecular weight excluding hydrogens is 444 g/mol. The van der Waals surface area contributed by atoms with E-state index in [4.69, 9.17) is 9.26 Å². The fraction of sp³-hybridized carbons (Fsp3) is 0.385. The van der Waals surface area contributed by atoms with Gasteiger partial charge >= 0.3 is 0 Å². The Hall–Kier alpha value is -3.72. The van der Waals surface area contributed by atoms with Crippen LogP contribution in [0.5, 0.6) is 5.75 Å². The van der Waals surface area contributed by atoms with E-state index in [2.05, 4.69) is 43.8 Å². The Balaban J connectivity index is 1.34. The van der Waals surface area contributed by atoms with Crippen molar-refractivity contribution in [2.24, 2.45) is 0 Å². The molecule has 2 heterocycles. The smallest absolute Gasteiger partial charge is 0.226 e. The molecule has 1 amide bonds. The number of carbonyl (C=O) groups is 1. The molecule has 0 spiro atoms. The Labute approximate surface area is 205 Å². The minimum absolute atomic E-state index is 0.0840. The van der Waals surface area contributed by atoms with E-state index >= 15 is 0 Å². The van der Waals surface area contributed by atoms with Crippen LogP contribution in [0.25, 0.3) is 22.4 Å². The number of hydrogen-bond acceptors (Lipinski definition) is 7. The van der Waals surface area contributed by atoms with Crippen molar-refractivity contribution in [3.63, 3.8) is 0 Å². The first-order valence-corrected chi connectivity index (χ1v) is 12.1. The topological polar surface area (TPSA) is 98.3 Å². The maximum Gasteiger partial charge on any atom is 0.226 e. The quantitative estimate of drug-likeness (QED) is 0.324. The predicted molar refractivity (Wildman–Crippen MR) is 135 cm³/mol. The van der Waals surface area contributed by atoms with Crippen LogP contribution >= 0.6 is 0 Å². The molecule has 1 N–H and O–H groups in total. The number of aryl methyl sites for hydroxylation is 1. The number of imidazole rings is 1. The molecule has 184 valence electrons. The number of methoxy groups -OCH3 is 1. The van der Waals surface area contributed by atoms with E-state index in [1.165, 1.54) is 0 Å². The first-order chi connectivity index (χ1) is 17.1. The molecule has 0 bridgehead atoms. The van der Waals surface area contributed by atoms with Gasteiger partial charge in [0.05, 0.1) is 18.1 Å². The Kier molecular flexibility index (Phi) is 8.10. The number of anilines is 1. The number of likely N-dealkylation sites (N-methyl/N-ethyl adjacent to an activating group) is 1. The molecule has 2 aromatic carbocycles. The number of carbonyl (C=O) groups excluding carboxylic acids is 1. The Morgan fingerprint density at radius 3 is 2.60 bits per heavy atom. The average molecular weight is 477 g/mol. The molecule has 2 aromatic heterocycles. The summed E-state index contributed by atoms with van der Waals surface area (Å²) in [4.78, 5) is 24.2. The van der Waals surface area contributed by atoms with Gasteiger partial charge in [-0.15, -0.1) is 0 Å². The summed E-state index contributed by atoms with van der Waals surface area (Å²) >= 11 is 0. The van der Waals surface area contributed by atoms with Gasteiger partial charge in [-0.3, -0.25) is 10.1 Å². The number of aromatic nitrogens is 4. The third-order valence-corrected chi connectivity index (χ3v) is 6.05. The van der Waals surface area contributed by atoms with E-state index < -0.39 is 0 Å². The summed E-state index contributed by atoms with van der Waals surface area (Å²) in [6.07, 6.45) is 1.45. The fourth-order valence-corrected chi connectivity index (χ4v) is 3.98. The summed E-state index contributed by atoms with van der Waals surface area (Å²) in [6.45, 7) is 7.93. The van der Waals surface area contributed by atoms with Crippen LogP contribution in [0, 0.1) is 0 Å². The molecule has 35 heavy (non-hydrogen) atoms. The fourth-order valence-electron chi connectivity index (χ4n) is 3.98. The molecule has 0 aliphatic carbocycles. The van der Waals surface area contributed by atoms with Crippen LogP contribution in [0.4, 0.5) is 5.95 Å². The van der Waals surface area contributed by atoms with Gasteiger partial charge in [-0.25, -0.2) is 4.98 Å². The third kappa shape index (κ3) is 6.05. The maximum atomic E-state index is 12.7. The molecule has 0 aliphatic heterocycles. The molecule has 0 aliphatic rings. The lowest BCUT2D eigenvalue weighted by molar-refractivity contribution is -0.116. The Morgan fingerprint density at radius 1 is 1.09 bits per heavy atom. The van der Waals surface area contributed by atoms with Crippen molar-refractivity contribution in [2.75, 3.05) is 32.1 Å². The largest absolute Gasteiger partial charge is 0.497 e. The van der Waals surface area contributed by atoms with Gasteiger partial charge < -0.3 is 18.7 Å². The van der Waals surface area contributed by atoms with Gasteiger partial charge in [0.1, 0.15) is 5.75 Å². The highest BCUT2D eigenvalue weighted by Crippen LogP contribution is 2.21. The summed E-state index contributed by atoms with van der Waals surface area (Å²) in [5.74, 6) is 2.30. The molecule has 0 atom stereocenters. The summed E-state index contributed by atoms with van der Waals surface area (Å²) in [6, 6.07) is 15.4. The number of fused-ring (bicyclic) bond motifs is 1. The van der Waals surface area contributed by atoms with Crippen molar-refractivity contribution in [2.45, 2.75) is 39.7 Å². The minimum atomic E-state index is -0.0840. The first-order valence-electron chi connectivity index (χ1n) is 12.1. The summed E-state index contributed by atoms with van der Waals surface area (Å²) < 4.78 is 12.6. The van der Waals surface area contributed by atoms with E-state index in [0.29, 0.717) is 36.9 Å². The molecule has 0 fully saturated rings. The van der Waals surface area contributed by atoms with Crippen LogP contribution < -0.4 is 10.1 Å². The van der Waals surface area contributed by atoms with Crippen LogP contribution in [0.3, 0.4) is 0 Å². The number of nitrogens with zero attached hydrogens (tertiary/aromatic N) is 5. The zero-order valence-electron chi connectivity index (χ0n) is 20.5. The van der Waals surface area contributed by atoms with E-state index in [1.807, 2.05) is 48.5 Å². The second-order valence-electron chi connectivity index (χ2n) is 8.24. The van der Waals surface area contributed by atoms with Crippen LogP contribution in [0.2, 0.25) is 0 Å². The van der Waals surface area contributed by atoms with Crippen molar-refractivity contribution in [1.29, 1.82) is 0 Å². The number of nitrogens with one attached hydrogen (secondary N) is 1. The standard InChI is InChI=1S/C26H32N6O3/c1-4-31(5-2)17-18-32-22-10-7-6-9-21(22)27-26(32)28-23(33)11-8-12-24-29-25(30-35-24)19-13-15-20(34-3)16-14-19/h6-7,9-10,13-16H,4-5,8,11-12,17-18H2,1-3H3,(H,27,28,33). The molecule has 9 heteroatoms. The van der Waals surface area contributed by atoms with Crippen molar-refractivity contribution in [3.05, 3.63) is 54.4 Å². The number of rotatable bonds is 12. The van der Waals surface area contributed by atoms with Gasteiger partial charge in [-0.05, 0) is 55.9 Å². The summed E-state index contributed by atoms with van der Waals surface area (Å²) in [5.41, 5.74) is 2.74. The van der Waals surface area contributed by atoms with E-state index in [-0.39, 0.29) is 5.91 Å². The van der Waals surface area contributed by atoms with Gasteiger partial charge in [0.2, 0.25) is 23.6 Å². The third-order valence-electron chi connectivity index (χ3n) is 6.05. The summed E-state index contributed by atoms with van der Waals surface area (Å²) in [7, 11) is 1.62. The van der Waals surface area contributed by atoms with Crippen LogP contribution in [-0.2, 0) is 17.8 Å². The molecule has 9 nitrogen and oxygen atoms in total. The zero-order chi connectivity index (χ0) is 24.6. The zero-order valence-corrected chi connectivity index (χ0v) is 20.5. The van der Waals surface area contributed by atoms with Crippen LogP contribution in [0.15, 0.2) is 53.1 Å². The first kappa shape index (κ1) is 24.4. The monoisotopic (exact) mass is 476 g/mol. The van der Waals surface area contributed by atoms with Crippen molar-refractivity contribution >= 4 is 22.9 Å². The number of benzene rings is 2. The lowest BCUT2D eigenvalue weighted by atomic mass is 10.2. The summed E-state index contributed by atoms with van der Waals surface area (Å²) in [5, 5.41) is 7.05. The second kappa shape index (κ2) is 11.6. The van der Waals surface area contributed by atoms with Gasteiger partial charge in [0.15, 0.2) is 0 Å². The highest BCUT2D eigenvalue weighted by molar-refractivity contribution is 5.91. The highest BCUT2D eigenvalue weighted by Gasteiger charge is 2.15. The van der Waals surface area contributed by atoms with Crippen molar-refractivity contribution in [1.82, 2.24) is 24.6 Å². The number of hydrogen-bond donors (Lipinski definition) is 1. The van der Waals surface area contributed by atoms with Crippen LogP contribution in [-0.4, -0.2) is 57.2 Å². The van der Waals surface area contributed by atoms with Gasteiger partial charge in [0.25, 0.3) is 0 Å². The normalized spacial score (nSPS) is 11.3. The van der Waals surface area contributed by atoms with Gasteiger partial charge in [0, 0.05) is 31.5 Å². The number of para-hydroxylation sites is 2. The lowest BCUT2D eigenvalue weighted by Crippen LogP contribution is -2.27. The maximum absolute atomic E-state index is 12.7. The molecule has 4 rings (SSSR count). The Morgan fingerprint density at radius 2 is 1.86 bits per heavy atom. The molecule has 4 aromatic rings.